The second-order valence-electron chi connectivity index (χ2n) is 9.12. The zero-order valence-electron chi connectivity index (χ0n) is 20.6. The number of nitrogens with zero attached hydrogens (tertiary/aromatic N) is 2. The van der Waals surface area contributed by atoms with Crippen LogP contribution in [0.4, 0.5) is 5.69 Å². The molecule has 0 aliphatic heterocycles. The number of rotatable bonds is 9. The Hall–Kier alpha value is -2.49. The number of anilines is 1. The van der Waals surface area contributed by atoms with Crippen molar-refractivity contribution in [3.63, 3.8) is 0 Å². The van der Waals surface area contributed by atoms with E-state index in [1.54, 1.807) is 31.2 Å². The average Bonchev–Trinajstić information content (AvgIpc) is 2.74. The fourth-order valence-corrected chi connectivity index (χ4v) is 4.58. The zero-order valence-corrected chi connectivity index (χ0v) is 23.0. The van der Waals surface area contributed by atoms with Gasteiger partial charge < -0.3 is 15.0 Å². The molecule has 2 rings (SSSR count). The summed E-state index contributed by atoms with van der Waals surface area (Å²) in [5, 5.41) is 3.48. The summed E-state index contributed by atoms with van der Waals surface area (Å²) in [6.07, 6.45) is 0.993. The molecule has 35 heavy (non-hydrogen) atoms. The minimum Gasteiger partial charge on any atom is -0.495 e. The van der Waals surface area contributed by atoms with Gasteiger partial charge in [-0.2, -0.15) is 0 Å². The van der Waals surface area contributed by atoms with Gasteiger partial charge in [-0.25, -0.2) is 8.42 Å². The number of hydrogen-bond donors (Lipinski definition) is 1. The van der Waals surface area contributed by atoms with E-state index in [-0.39, 0.29) is 23.2 Å². The first-order valence-electron chi connectivity index (χ1n) is 10.8. The fraction of sp³-hybridized carbons (Fsp3) is 0.417. The Bertz CT molecular complexity index is 1180. The van der Waals surface area contributed by atoms with Gasteiger partial charge in [-0.1, -0.05) is 41.4 Å². The molecule has 8 nitrogen and oxygen atoms in total. The van der Waals surface area contributed by atoms with Crippen molar-refractivity contribution in [2.75, 3.05) is 24.2 Å². The number of carbonyl (C=O) groups is 2. The topological polar surface area (TPSA) is 96.0 Å². The van der Waals surface area contributed by atoms with Crippen molar-refractivity contribution in [2.24, 2.45) is 0 Å². The molecule has 2 amide bonds. The fourth-order valence-electron chi connectivity index (χ4n) is 3.29. The predicted molar refractivity (Wildman–Crippen MR) is 140 cm³/mol. The van der Waals surface area contributed by atoms with Crippen LogP contribution in [0.15, 0.2) is 42.5 Å². The number of carbonyl (C=O) groups excluding carboxylic acids is 2. The summed E-state index contributed by atoms with van der Waals surface area (Å²) < 4.78 is 31.3. The van der Waals surface area contributed by atoms with E-state index in [1.165, 1.54) is 30.2 Å². The lowest BCUT2D eigenvalue weighted by Crippen LogP contribution is -2.54. The maximum atomic E-state index is 13.5. The minimum atomic E-state index is -3.88. The number of ether oxygens (including phenoxy) is 1. The van der Waals surface area contributed by atoms with Gasteiger partial charge in [0, 0.05) is 17.1 Å². The molecule has 0 saturated carbocycles. The second kappa shape index (κ2) is 11.5. The summed E-state index contributed by atoms with van der Waals surface area (Å²) in [6, 6.07) is 10.5. The Labute approximate surface area is 217 Å². The molecule has 0 bridgehead atoms. The maximum absolute atomic E-state index is 13.5. The molecule has 0 radical (unpaired) electrons. The number of methoxy groups -OCH3 is 1. The first-order chi connectivity index (χ1) is 16.1. The molecule has 0 fully saturated rings. The summed E-state index contributed by atoms with van der Waals surface area (Å²) in [5.74, 6) is -0.599. The summed E-state index contributed by atoms with van der Waals surface area (Å²) in [4.78, 5) is 27.8. The van der Waals surface area contributed by atoms with Gasteiger partial charge in [0.25, 0.3) is 0 Å². The van der Waals surface area contributed by atoms with Crippen LogP contribution in [0.25, 0.3) is 0 Å². The van der Waals surface area contributed by atoms with Crippen LogP contribution in [-0.2, 0) is 26.2 Å². The molecule has 11 heteroatoms. The molecule has 0 aliphatic carbocycles. The van der Waals surface area contributed by atoms with Crippen LogP contribution in [0, 0.1) is 0 Å². The SMILES string of the molecule is COc1ccc(N(CC(=O)N(Cc2ccccc2Cl)C(C)C(=O)NC(C)(C)C)S(C)(=O)=O)cc1Cl. The van der Waals surface area contributed by atoms with Gasteiger partial charge in [0.15, 0.2) is 0 Å². The Balaban J connectivity index is 2.45. The zero-order chi connectivity index (χ0) is 26.6. The molecule has 2 aromatic rings. The quantitative estimate of drug-likeness (QED) is 0.513. The van der Waals surface area contributed by atoms with Gasteiger partial charge in [0.2, 0.25) is 21.8 Å². The van der Waals surface area contributed by atoms with Crippen molar-refractivity contribution in [2.45, 2.75) is 45.8 Å². The first-order valence-corrected chi connectivity index (χ1v) is 13.4. The van der Waals surface area contributed by atoms with Gasteiger partial charge in [-0.05, 0) is 57.5 Å². The van der Waals surface area contributed by atoms with Crippen molar-refractivity contribution in [3.8, 4) is 5.75 Å². The van der Waals surface area contributed by atoms with E-state index in [0.29, 0.717) is 16.3 Å². The molecule has 2 aromatic carbocycles. The number of hydrogen-bond acceptors (Lipinski definition) is 5. The molecule has 0 spiro atoms. The third-order valence-electron chi connectivity index (χ3n) is 5.07. The van der Waals surface area contributed by atoms with E-state index < -0.39 is 34.1 Å². The normalized spacial score (nSPS) is 12.6. The monoisotopic (exact) mass is 543 g/mol. The van der Waals surface area contributed by atoms with Crippen molar-refractivity contribution < 1.29 is 22.7 Å². The van der Waals surface area contributed by atoms with E-state index in [4.69, 9.17) is 27.9 Å². The van der Waals surface area contributed by atoms with Crippen molar-refractivity contribution in [3.05, 3.63) is 58.1 Å². The lowest BCUT2D eigenvalue weighted by atomic mass is 10.1. The third-order valence-corrected chi connectivity index (χ3v) is 6.87. The molecule has 1 atom stereocenters. The number of amides is 2. The van der Waals surface area contributed by atoms with Crippen LogP contribution in [0.3, 0.4) is 0 Å². The van der Waals surface area contributed by atoms with Crippen molar-refractivity contribution in [1.82, 2.24) is 10.2 Å². The predicted octanol–water partition coefficient (Wildman–Crippen LogP) is 4.10. The molecule has 0 aliphatic rings. The van der Waals surface area contributed by atoms with Crippen LogP contribution in [0.1, 0.15) is 33.3 Å². The smallest absolute Gasteiger partial charge is 0.244 e. The highest BCUT2D eigenvalue weighted by Gasteiger charge is 2.31. The van der Waals surface area contributed by atoms with E-state index in [9.17, 15) is 18.0 Å². The Morgan fingerprint density at radius 3 is 2.23 bits per heavy atom. The van der Waals surface area contributed by atoms with Gasteiger partial charge in [0.05, 0.1) is 24.1 Å². The van der Waals surface area contributed by atoms with Crippen molar-refractivity contribution >= 4 is 50.7 Å². The number of nitrogens with one attached hydrogen (secondary N) is 1. The number of halogens is 2. The van der Waals surface area contributed by atoms with Crippen LogP contribution in [0.2, 0.25) is 10.0 Å². The Kier molecular flexibility index (Phi) is 9.44. The van der Waals surface area contributed by atoms with E-state index in [2.05, 4.69) is 5.32 Å². The first kappa shape index (κ1) is 28.7. The summed E-state index contributed by atoms with van der Waals surface area (Å²) >= 11 is 12.5. The lowest BCUT2D eigenvalue weighted by Gasteiger charge is -2.33. The van der Waals surface area contributed by atoms with E-state index in [0.717, 1.165) is 10.6 Å². The van der Waals surface area contributed by atoms with E-state index in [1.807, 2.05) is 20.8 Å². The molecule has 0 saturated heterocycles. The highest BCUT2D eigenvalue weighted by molar-refractivity contribution is 7.92. The van der Waals surface area contributed by atoms with Gasteiger partial charge >= 0.3 is 0 Å². The van der Waals surface area contributed by atoms with Crippen LogP contribution in [-0.4, -0.2) is 56.6 Å². The molecule has 0 aromatic heterocycles. The molecule has 0 heterocycles. The van der Waals surface area contributed by atoms with Crippen molar-refractivity contribution in [1.29, 1.82) is 0 Å². The lowest BCUT2D eigenvalue weighted by molar-refractivity contribution is -0.140. The summed E-state index contributed by atoms with van der Waals surface area (Å²) in [7, 11) is -2.44. The summed E-state index contributed by atoms with van der Waals surface area (Å²) in [5.41, 5.74) is 0.288. The molecular weight excluding hydrogens is 513 g/mol. The van der Waals surface area contributed by atoms with Crippen LogP contribution < -0.4 is 14.4 Å². The maximum Gasteiger partial charge on any atom is 0.244 e. The highest BCUT2D eigenvalue weighted by atomic mass is 35.5. The number of sulfonamides is 1. The van der Waals surface area contributed by atoms with Crippen LogP contribution >= 0.6 is 23.2 Å². The molecule has 1 N–H and O–H groups in total. The Morgan fingerprint density at radius 2 is 1.71 bits per heavy atom. The van der Waals surface area contributed by atoms with Crippen LogP contribution in [0.5, 0.6) is 5.75 Å². The Morgan fingerprint density at radius 1 is 1.09 bits per heavy atom. The summed E-state index contributed by atoms with van der Waals surface area (Å²) in [6.45, 7) is 6.55. The highest BCUT2D eigenvalue weighted by Crippen LogP contribution is 2.30. The largest absolute Gasteiger partial charge is 0.495 e. The molecule has 1 unspecified atom stereocenters. The van der Waals surface area contributed by atoms with Gasteiger partial charge in [0.1, 0.15) is 18.3 Å². The number of benzene rings is 2. The standard InChI is InChI=1S/C24H31Cl2N3O5S/c1-16(23(31)27-24(2,3)4)28(14-17-9-7-8-10-19(17)25)22(30)15-29(35(6,32)33)18-11-12-21(34-5)20(26)13-18/h7-13,16H,14-15H2,1-6H3,(H,27,31). The molecular formula is C24H31Cl2N3O5S. The third kappa shape index (κ3) is 8.02. The van der Waals surface area contributed by atoms with Gasteiger partial charge in [-0.3, -0.25) is 13.9 Å². The average molecular weight is 545 g/mol. The molecule has 192 valence electrons. The van der Waals surface area contributed by atoms with E-state index >= 15 is 0 Å². The van der Waals surface area contributed by atoms with Gasteiger partial charge in [-0.15, -0.1) is 0 Å². The minimum absolute atomic E-state index is 0.0121. The second-order valence-corrected chi connectivity index (χ2v) is 11.8.